The molecule has 2 rings (SSSR count). The van der Waals surface area contributed by atoms with Crippen LogP contribution in [0.2, 0.25) is 0 Å². The fourth-order valence-electron chi connectivity index (χ4n) is 2.58. The van der Waals surface area contributed by atoms with Gasteiger partial charge < -0.3 is 5.32 Å². The van der Waals surface area contributed by atoms with Crippen LogP contribution in [0.15, 0.2) is 18.2 Å². The van der Waals surface area contributed by atoms with E-state index in [0.29, 0.717) is 5.92 Å². The highest BCUT2D eigenvalue weighted by atomic mass is 19.1. The Hall–Kier alpha value is -1.56. The number of aryl methyl sites for hydroxylation is 1. The van der Waals surface area contributed by atoms with E-state index in [0.717, 1.165) is 36.9 Å². The second-order valence-electron chi connectivity index (χ2n) is 5.25. The van der Waals surface area contributed by atoms with E-state index < -0.39 is 5.54 Å². The van der Waals surface area contributed by atoms with Crippen LogP contribution < -0.4 is 5.32 Å². The number of rotatable bonds is 5. The normalized spacial score (nSPS) is 17.9. The summed E-state index contributed by atoms with van der Waals surface area (Å²) in [4.78, 5) is 0. The van der Waals surface area contributed by atoms with Gasteiger partial charge in [0.25, 0.3) is 0 Å². The third-order valence-electron chi connectivity index (χ3n) is 3.53. The van der Waals surface area contributed by atoms with E-state index in [2.05, 4.69) is 18.3 Å². The molecule has 0 aromatic heterocycles. The number of anilines is 1. The summed E-state index contributed by atoms with van der Waals surface area (Å²) in [5.41, 5.74) is 1.07. The molecule has 0 aliphatic heterocycles. The van der Waals surface area contributed by atoms with Gasteiger partial charge in [0.1, 0.15) is 11.4 Å². The molecule has 1 aliphatic rings. The predicted molar refractivity (Wildman–Crippen MR) is 70.7 cm³/mol. The second kappa shape index (κ2) is 4.97. The van der Waals surface area contributed by atoms with Crippen molar-refractivity contribution < 1.29 is 4.39 Å². The average molecular weight is 246 g/mol. The molecule has 0 saturated heterocycles. The first-order chi connectivity index (χ1) is 8.59. The Morgan fingerprint density at radius 3 is 2.67 bits per heavy atom. The van der Waals surface area contributed by atoms with E-state index in [1.54, 1.807) is 0 Å². The summed E-state index contributed by atoms with van der Waals surface area (Å²) in [6.07, 6.45) is 3.94. The Labute approximate surface area is 108 Å². The number of nitriles is 1. The molecular formula is C15H19FN2. The fraction of sp³-hybridized carbons (Fsp3) is 0.533. The standard InChI is InChI=1S/C15H19FN2/c1-3-6-15(10-17,12-4-5-12)18-14-8-11(2)7-13(16)9-14/h7-9,12,18H,3-6H2,1-2H3. The second-order valence-corrected chi connectivity index (χ2v) is 5.25. The van der Waals surface area contributed by atoms with Gasteiger partial charge in [0.15, 0.2) is 0 Å². The Bertz CT molecular complexity index is 454. The summed E-state index contributed by atoms with van der Waals surface area (Å²) in [5.74, 6) is 0.155. The van der Waals surface area contributed by atoms with Crippen molar-refractivity contribution in [1.29, 1.82) is 5.26 Å². The van der Waals surface area contributed by atoms with Gasteiger partial charge in [-0.1, -0.05) is 13.3 Å². The molecule has 0 heterocycles. The highest BCUT2D eigenvalue weighted by Gasteiger charge is 2.45. The minimum absolute atomic E-state index is 0.253. The van der Waals surface area contributed by atoms with Crippen molar-refractivity contribution in [2.45, 2.75) is 45.1 Å². The van der Waals surface area contributed by atoms with Gasteiger partial charge in [-0.15, -0.1) is 0 Å². The molecule has 1 fully saturated rings. The summed E-state index contributed by atoms with van der Waals surface area (Å²) < 4.78 is 13.4. The molecular weight excluding hydrogens is 227 g/mol. The highest BCUT2D eigenvalue weighted by Crippen LogP contribution is 2.43. The van der Waals surface area contributed by atoms with Gasteiger partial charge in [0.05, 0.1) is 6.07 Å². The van der Waals surface area contributed by atoms with E-state index in [9.17, 15) is 9.65 Å². The summed E-state index contributed by atoms with van der Waals surface area (Å²) >= 11 is 0. The van der Waals surface area contributed by atoms with Crippen LogP contribution >= 0.6 is 0 Å². The van der Waals surface area contributed by atoms with Crippen LogP contribution in [0.1, 0.15) is 38.2 Å². The van der Waals surface area contributed by atoms with Crippen LogP contribution in [-0.2, 0) is 0 Å². The van der Waals surface area contributed by atoms with E-state index in [1.165, 1.54) is 12.1 Å². The first kappa shape index (κ1) is 12.9. The van der Waals surface area contributed by atoms with E-state index in [1.807, 2.05) is 13.0 Å². The maximum Gasteiger partial charge on any atom is 0.128 e. The zero-order valence-corrected chi connectivity index (χ0v) is 11.0. The Morgan fingerprint density at radius 1 is 1.44 bits per heavy atom. The Balaban J connectivity index is 2.25. The van der Waals surface area contributed by atoms with Crippen LogP contribution in [0.25, 0.3) is 0 Å². The lowest BCUT2D eigenvalue weighted by Gasteiger charge is -2.29. The number of nitrogens with one attached hydrogen (secondary N) is 1. The van der Waals surface area contributed by atoms with Crippen molar-refractivity contribution in [1.82, 2.24) is 0 Å². The lowest BCUT2D eigenvalue weighted by molar-refractivity contribution is 0.471. The van der Waals surface area contributed by atoms with Crippen molar-refractivity contribution in [2.24, 2.45) is 5.92 Å². The SMILES string of the molecule is CCCC(C#N)(Nc1cc(C)cc(F)c1)C1CC1. The van der Waals surface area contributed by atoms with Crippen molar-refractivity contribution in [3.8, 4) is 6.07 Å². The molecule has 1 aromatic carbocycles. The summed E-state index contributed by atoms with van der Waals surface area (Å²) in [6.45, 7) is 3.94. The van der Waals surface area contributed by atoms with Crippen LogP contribution in [0.3, 0.4) is 0 Å². The van der Waals surface area contributed by atoms with Gasteiger partial charge in [-0.3, -0.25) is 0 Å². The molecule has 1 saturated carbocycles. The van der Waals surface area contributed by atoms with Crippen molar-refractivity contribution in [2.75, 3.05) is 5.32 Å². The van der Waals surface area contributed by atoms with Crippen LogP contribution in [-0.4, -0.2) is 5.54 Å². The van der Waals surface area contributed by atoms with Gasteiger partial charge in [-0.25, -0.2) is 4.39 Å². The molecule has 2 nitrogen and oxygen atoms in total. The number of hydrogen-bond acceptors (Lipinski definition) is 2. The van der Waals surface area contributed by atoms with E-state index in [-0.39, 0.29) is 5.82 Å². The Kier molecular flexibility index (Phi) is 3.56. The molecule has 0 radical (unpaired) electrons. The molecule has 1 unspecified atom stereocenters. The van der Waals surface area contributed by atoms with Crippen LogP contribution in [0.5, 0.6) is 0 Å². The number of benzene rings is 1. The van der Waals surface area contributed by atoms with Crippen molar-refractivity contribution in [3.05, 3.63) is 29.6 Å². The molecule has 0 spiro atoms. The minimum atomic E-state index is -0.519. The smallest absolute Gasteiger partial charge is 0.128 e. The number of hydrogen-bond donors (Lipinski definition) is 1. The molecule has 1 N–H and O–H groups in total. The number of nitrogens with zero attached hydrogens (tertiary/aromatic N) is 1. The van der Waals surface area contributed by atoms with Crippen LogP contribution in [0.4, 0.5) is 10.1 Å². The predicted octanol–water partition coefficient (Wildman–Crippen LogP) is 4.02. The molecule has 1 aliphatic carbocycles. The quantitative estimate of drug-likeness (QED) is 0.851. The molecule has 96 valence electrons. The number of halogens is 1. The van der Waals surface area contributed by atoms with Gasteiger partial charge in [-0.2, -0.15) is 5.26 Å². The van der Waals surface area contributed by atoms with E-state index >= 15 is 0 Å². The third-order valence-corrected chi connectivity index (χ3v) is 3.53. The van der Waals surface area contributed by atoms with Gasteiger partial charge in [-0.05, 0) is 55.9 Å². The van der Waals surface area contributed by atoms with Gasteiger partial charge in [0, 0.05) is 5.69 Å². The Morgan fingerprint density at radius 2 is 2.17 bits per heavy atom. The summed E-state index contributed by atoms with van der Waals surface area (Å²) in [5, 5.41) is 12.8. The van der Waals surface area contributed by atoms with Gasteiger partial charge in [0.2, 0.25) is 0 Å². The summed E-state index contributed by atoms with van der Waals surface area (Å²) in [6, 6.07) is 7.29. The first-order valence-corrected chi connectivity index (χ1v) is 6.56. The molecule has 18 heavy (non-hydrogen) atoms. The molecule has 0 amide bonds. The van der Waals surface area contributed by atoms with Crippen molar-refractivity contribution in [3.63, 3.8) is 0 Å². The maximum absolute atomic E-state index is 13.4. The molecule has 1 atom stereocenters. The topological polar surface area (TPSA) is 35.8 Å². The first-order valence-electron chi connectivity index (χ1n) is 6.56. The van der Waals surface area contributed by atoms with E-state index in [4.69, 9.17) is 0 Å². The summed E-state index contributed by atoms with van der Waals surface area (Å²) in [7, 11) is 0. The zero-order valence-electron chi connectivity index (χ0n) is 11.0. The zero-order chi connectivity index (χ0) is 13.2. The largest absolute Gasteiger partial charge is 0.367 e. The lowest BCUT2D eigenvalue weighted by atomic mass is 9.89. The highest BCUT2D eigenvalue weighted by molar-refractivity contribution is 5.50. The average Bonchev–Trinajstić information content (AvgIpc) is 3.11. The molecule has 0 bridgehead atoms. The molecule has 1 aromatic rings. The maximum atomic E-state index is 13.4. The third kappa shape index (κ3) is 2.64. The lowest BCUT2D eigenvalue weighted by Crippen LogP contribution is -2.39. The fourth-order valence-corrected chi connectivity index (χ4v) is 2.58. The van der Waals surface area contributed by atoms with Crippen LogP contribution in [0, 0.1) is 30.0 Å². The minimum Gasteiger partial charge on any atom is -0.367 e. The van der Waals surface area contributed by atoms with Gasteiger partial charge >= 0.3 is 0 Å². The monoisotopic (exact) mass is 246 g/mol. The molecule has 3 heteroatoms. The van der Waals surface area contributed by atoms with Crippen molar-refractivity contribution >= 4 is 5.69 Å².